The molecule has 0 saturated heterocycles. The number of hydrogen-bond donors (Lipinski definition) is 3. The Bertz CT molecular complexity index is 725. The number of rotatable bonds is 3. The highest BCUT2D eigenvalue weighted by atomic mass is 19.2. The topological polar surface area (TPSA) is 118 Å². The number of aliphatic carboxylic acids is 1. The van der Waals surface area contributed by atoms with Crippen molar-refractivity contribution < 1.29 is 52.0 Å². The Morgan fingerprint density at radius 3 is 1.92 bits per heavy atom. The Morgan fingerprint density at radius 1 is 1.04 bits per heavy atom. The molecular weight excluding hydrogens is 359 g/mol. The minimum absolute atomic E-state index is 1.15. The molecule has 6 nitrogen and oxygen atoms in total. The first-order valence-corrected chi connectivity index (χ1v) is 6.77. The molecule has 0 radical (unpaired) electrons. The molecule has 1 aliphatic rings. The number of carbonyl (C=O) groups excluding carboxylic acids is 2. The van der Waals surface area contributed by atoms with E-state index in [0.29, 0.717) is 0 Å². The van der Waals surface area contributed by atoms with Gasteiger partial charge in [-0.15, -0.1) is 0 Å². The molecule has 0 amide bonds. The average molecular weight is 369 g/mol. The van der Waals surface area contributed by atoms with Crippen molar-refractivity contribution in [1.29, 1.82) is 0 Å². The predicted octanol–water partition coefficient (Wildman–Crippen LogP) is -1.28. The highest BCUT2D eigenvalue weighted by Gasteiger charge is 2.53. The molecule has 0 aromatic heterocycles. The van der Waals surface area contributed by atoms with E-state index in [1.54, 1.807) is 0 Å². The summed E-state index contributed by atoms with van der Waals surface area (Å²) in [7, 11) is 0. The fourth-order valence-electron chi connectivity index (χ4n) is 2.73. The lowest BCUT2D eigenvalue weighted by atomic mass is 9.69. The second-order valence-corrected chi connectivity index (χ2v) is 5.64. The third-order valence-electron chi connectivity index (χ3n) is 4.16. The maximum Gasteiger partial charge on any atom is 0.200 e. The Morgan fingerprint density at radius 2 is 1.48 bits per heavy atom. The van der Waals surface area contributed by atoms with Crippen LogP contribution in [0, 0.1) is 35.0 Å². The van der Waals surface area contributed by atoms with Crippen LogP contribution in [-0.4, -0.2) is 44.9 Å². The maximum atomic E-state index is 13.7. The molecule has 0 aliphatic heterocycles. The number of Topliss-reactive ketones (excluding diaryl/α,β-unsaturated/α-hetero) is 1. The van der Waals surface area contributed by atoms with Crippen molar-refractivity contribution in [2.45, 2.75) is 30.7 Å². The Labute approximate surface area is 136 Å². The van der Waals surface area contributed by atoms with E-state index in [1.807, 2.05) is 0 Å². The summed E-state index contributed by atoms with van der Waals surface area (Å²) in [6.07, 6.45) is -6.82. The first kappa shape index (κ1) is 19.2. The molecule has 2 rings (SSSR count). The van der Waals surface area contributed by atoms with E-state index in [9.17, 15) is 52.0 Å². The van der Waals surface area contributed by atoms with Crippen molar-refractivity contribution >= 4 is 11.8 Å². The van der Waals surface area contributed by atoms with Crippen LogP contribution < -0.4 is 5.11 Å². The van der Waals surface area contributed by atoms with E-state index in [4.69, 9.17) is 0 Å². The summed E-state index contributed by atoms with van der Waals surface area (Å²) in [5, 5.41) is 40.1. The molecule has 1 fully saturated rings. The van der Waals surface area contributed by atoms with E-state index < -0.39 is 83.0 Å². The second-order valence-electron chi connectivity index (χ2n) is 5.64. The van der Waals surface area contributed by atoms with E-state index in [2.05, 4.69) is 0 Å². The highest BCUT2D eigenvalue weighted by Crippen LogP contribution is 2.36. The lowest BCUT2D eigenvalue weighted by molar-refractivity contribution is -0.331. The molecule has 3 N–H and O–H groups in total. The van der Waals surface area contributed by atoms with Gasteiger partial charge in [-0.2, -0.15) is 0 Å². The molecule has 11 heteroatoms. The molecule has 25 heavy (non-hydrogen) atoms. The van der Waals surface area contributed by atoms with Gasteiger partial charge in [0.15, 0.2) is 29.1 Å². The van der Waals surface area contributed by atoms with Gasteiger partial charge in [0.25, 0.3) is 0 Å². The van der Waals surface area contributed by atoms with Crippen LogP contribution in [-0.2, 0) is 16.0 Å². The summed E-state index contributed by atoms with van der Waals surface area (Å²) in [4.78, 5) is 23.1. The summed E-state index contributed by atoms with van der Waals surface area (Å²) in [5.74, 6) is -17.9. The number of carboxylic acid groups (broad SMARTS) is 1. The molecule has 4 atom stereocenters. The van der Waals surface area contributed by atoms with Crippen LogP contribution in [0.1, 0.15) is 12.0 Å². The molecule has 138 valence electrons. The van der Waals surface area contributed by atoms with Gasteiger partial charge in [-0.25, -0.2) is 22.0 Å². The van der Waals surface area contributed by atoms with Crippen molar-refractivity contribution in [2.75, 3.05) is 0 Å². The molecule has 0 spiro atoms. The normalized spacial score (nSPS) is 29.8. The first-order chi connectivity index (χ1) is 11.4. The molecule has 1 aromatic rings. The van der Waals surface area contributed by atoms with Gasteiger partial charge in [-0.3, -0.25) is 4.79 Å². The third-order valence-corrected chi connectivity index (χ3v) is 4.16. The Hall–Kier alpha value is -2.11. The van der Waals surface area contributed by atoms with Gasteiger partial charge in [0, 0.05) is 12.0 Å². The van der Waals surface area contributed by atoms with Gasteiger partial charge in [-0.05, 0) is 6.42 Å². The quantitative estimate of drug-likeness (QED) is 0.347. The lowest BCUT2D eigenvalue weighted by Gasteiger charge is -2.43. The maximum absolute atomic E-state index is 13.7. The van der Waals surface area contributed by atoms with Gasteiger partial charge >= 0.3 is 0 Å². The number of aliphatic hydroxyl groups excluding tert-OH is 2. The summed E-state index contributed by atoms with van der Waals surface area (Å²) in [5.41, 5.74) is -4.73. The van der Waals surface area contributed by atoms with Crippen molar-refractivity contribution in [3.8, 4) is 0 Å². The highest BCUT2D eigenvalue weighted by molar-refractivity contribution is 5.94. The molecule has 1 saturated carbocycles. The zero-order chi connectivity index (χ0) is 19.3. The molecule has 0 bridgehead atoms. The summed E-state index contributed by atoms with van der Waals surface area (Å²) in [6, 6.07) is 0. The van der Waals surface area contributed by atoms with Crippen LogP contribution in [0.2, 0.25) is 0 Å². The number of aliphatic hydroxyl groups is 3. The van der Waals surface area contributed by atoms with Crippen LogP contribution >= 0.6 is 0 Å². The monoisotopic (exact) mass is 369 g/mol. The van der Waals surface area contributed by atoms with Crippen molar-refractivity contribution in [3.05, 3.63) is 34.6 Å². The summed E-state index contributed by atoms with van der Waals surface area (Å²) in [6.45, 7) is 0. The van der Waals surface area contributed by atoms with Gasteiger partial charge in [0.05, 0.1) is 18.0 Å². The molecule has 1 aromatic carbocycles. The van der Waals surface area contributed by atoms with E-state index >= 15 is 0 Å². The van der Waals surface area contributed by atoms with E-state index in [0.717, 1.165) is 0 Å². The third kappa shape index (κ3) is 2.87. The van der Waals surface area contributed by atoms with Crippen LogP contribution in [0.5, 0.6) is 0 Å². The fraction of sp³-hybridized carbons (Fsp3) is 0.429. The first-order valence-electron chi connectivity index (χ1n) is 6.77. The number of ketones is 1. The number of carboxylic acids is 1. The molecular formula is C14H10F5O6-. The summed E-state index contributed by atoms with van der Waals surface area (Å²) < 4.78 is 66.9. The Balaban J connectivity index is 2.57. The van der Waals surface area contributed by atoms with E-state index in [-0.39, 0.29) is 0 Å². The Kier molecular flexibility index (Phi) is 4.86. The zero-order valence-electron chi connectivity index (χ0n) is 12.1. The molecule has 0 unspecified atom stereocenters. The number of benzene rings is 1. The summed E-state index contributed by atoms with van der Waals surface area (Å²) >= 11 is 0. The van der Waals surface area contributed by atoms with Gasteiger partial charge in [0.1, 0.15) is 11.7 Å². The van der Waals surface area contributed by atoms with Crippen LogP contribution in [0.15, 0.2) is 0 Å². The number of halogens is 5. The van der Waals surface area contributed by atoms with Crippen molar-refractivity contribution in [1.82, 2.24) is 0 Å². The predicted molar refractivity (Wildman–Crippen MR) is 65.0 cm³/mol. The fourth-order valence-corrected chi connectivity index (χ4v) is 2.73. The molecule has 1 aliphatic carbocycles. The minimum Gasteiger partial charge on any atom is -0.547 e. The van der Waals surface area contributed by atoms with Crippen LogP contribution in [0.4, 0.5) is 22.0 Å². The lowest BCUT2D eigenvalue weighted by Crippen LogP contribution is -2.64. The zero-order valence-corrected chi connectivity index (χ0v) is 12.1. The largest absolute Gasteiger partial charge is 0.547 e. The van der Waals surface area contributed by atoms with Gasteiger partial charge < -0.3 is 25.2 Å². The second kappa shape index (κ2) is 6.32. The van der Waals surface area contributed by atoms with Crippen molar-refractivity contribution in [3.63, 3.8) is 0 Å². The minimum atomic E-state index is -3.18. The van der Waals surface area contributed by atoms with Crippen molar-refractivity contribution in [2.24, 2.45) is 5.92 Å². The van der Waals surface area contributed by atoms with Gasteiger partial charge in [-0.1, -0.05) is 0 Å². The van der Waals surface area contributed by atoms with E-state index in [1.165, 1.54) is 0 Å². The SMILES string of the molecule is O=C1[C@@H](O)[C@H](O)C[C@](O)(C(=O)[O-])[C@@H]1Cc1c(F)c(F)c(F)c(F)c1F. The molecule has 0 heterocycles. The number of carbonyl (C=O) groups is 2. The van der Waals surface area contributed by atoms with Crippen LogP contribution in [0.3, 0.4) is 0 Å². The van der Waals surface area contributed by atoms with Crippen LogP contribution in [0.25, 0.3) is 0 Å². The smallest absolute Gasteiger partial charge is 0.200 e. The number of hydrogen-bond acceptors (Lipinski definition) is 6. The van der Waals surface area contributed by atoms with Gasteiger partial charge in [0.2, 0.25) is 5.82 Å². The average Bonchev–Trinajstić information content (AvgIpc) is 2.55. The standard InChI is InChI=1S/C14H11F5O6/c15-6-3(7(16)9(18)10(19)8(6)17)1-4-11(21)12(22)5(20)2-14(4,25)13(23)24/h4-5,12,20,22,25H,1-2H2,(H,23,24)/p-1/t4-,5-,12+,14-/m1/s1.